The molecule has 0 amide bonds. The summed E-state index contributed by atoms with van der Waals surface area (Å²) in [5.74, 6) is 0.620. The van der Waals surface area contributed by atoms with Gasteiger partial charge in [0.2, 0.25) is 5.88 Å². The molecule has 1 aromatic carbocycles. The third-order valence-corrected chi connectivity index (χ3v) is 3.30. The van der Waals surface area contributed by atoms with Crippen molar-refractivity contribution < 1.29 is 4.74 Å². The summed E-state index contributed by atoms with van der Waals surface area (Å²) in [5, 5.41) is 0. The highest BCUT2D eigenvalue weighted by molar-refractivity contribution is 7.80. The first-order valence-corrected chi connectivity index (χ1v) is 7.18. The highest BCUT2D eigenvalue weighted by atomic mass is 32.1. The van der Waals surface area contributed by atoms with Crippen LogP contribution in [0.25, 0.3) is 0 Å². The van der Waals surface area contributed by atoms with Crippen LogP contribution >= 0.6 is 12.2 Å². The summed E-state index contributed by atoms with van der Waals surface area (Å²) >= 11 is 4.98. The second-order valence-electron chi connectivity index (χ2n) is 4.64. The summed E-state index contributed by atoms with van der Waals surface area (Å²) in [5.41, 5.74) is 7.70. The SMILES string of the molecule is COc1cccc(CN(CCC(N)=S)c2ccccc2)n1. The fourth-order valence-electron chi connectivity index (χ4n) is 2.04. The number of anilines is 1. The van der Waals surface area contributed by atoms with Crippen molar-refractivity contribution in [2.75, 3.05) is 18.6 Å². The first-order chi connectivity index (χ1) is 10.2. The Morgan fingerprint density at radius 2 is 1.95 bits per heavy atom. The Kier molecular flexibility index (Phi) is 5.51. The van der Waals surface area contributed by atoms with E-state index >= 15 is 0 Å². The van der Waals surface area contributed by atoms with Gasteiger partial charge in [-0.2, -0.15) is 0 Å². The van der Waals surface area contributed by atoms with Crippen LogP contribution in [0.3, 0.4) is 0 Å². The van der Waals surface area contributed by atoms with Gasteiger partial charge in [0.1, 0.15) is 0 Å². The van der Waals surface area contributed by atoms with Crippen molar-refractivity contribution in [2.45, 2.75) is 13.0 Å². The fraction of sp³-hybridized carbons (Fsp3) is 0.250. The Hall–Kier alpha value is -2.14. The number of benzene rings is 1. The van der Waals surface area contributed by atoms with Crippen LogP contribution in [0.5, 0.6) is 5.88 Å². The zero-order chi connectivity index (χ0) is 15.1. The third-order valence-electron chi connectivity index (χ3n) is 3.09. The second kappa shape index (κ2) is 7.59. The number of aromatic nitrogens is 1. The Morgan fingerprint density at radius 3 is 2.62 bits per heavy atom. The number of thiocarbonyl (C=S) groups is 1. The van der Waals surface area contributed by atoms with Crippen LogP contribution in [-0.4, -0.2) is 23.6 Å². The quantitative estimate of drug-likeness (QED) is 0.797. The van der Waals surface area contributed by atoms with Crippen molar-refractivity contribution in [1.82, 2.24) is 4.98 Å². The van der Waals surface area contributed by atoms with Gasteiger partial charge in [0, 0.05) is 24.7 Å². The van der Waals surface area contributed by atoms with Crippen LogP contribution in [0, 0.1) is 0 Å². The number of pyridine rings is 1. The summed E-state index contributed by atoms with van der Waals surface area (Å²) in [6, 6.07) is 15.9. The van der Waals surface area contributed by atoms with Gasteiger partial charge in [-0.15, -0.1) is 0 Å². The molecule has 5 heteroatoms. The van der Waals surface area contributed by atoms with Crippen molar-refractivity contribution >= 4 is 22.9 Å². The maximum absolute atomic E-state index is 5.63. The molecule has 2 N–H and O–H groups in total. The number of methoxy groups -OCH3 is 1. The number of hydrogen-bond donors (Lipinski definition) is 1. The van der Waals surface area contributed by atoms with E-state index in [1.807, 2.05) is 36.4 Å². The molecule has 4 nitrogen and oxygen atoms in total. The van der Waals surface area contributed by atoms with Gasteiger partial charge in [-0.1, -0.05) is 36.5 Å². The molecule has 110 valence electrons. The maximum atomic E-state index is 5.63. The van der Waals surface area contributed by atoms with Gasteiger partial charge in [-0.3, -0.25) is 0 Å². The molecule has 0 saturated carbocycles. The van der Waals surface area contributed by atoms with Crippen LogP contribution < -0.4 is 15.4 Å². The third kappa shape index (κ3) is 4.72. The van der Waals surface area contributed by atoms with Crippen molar-refractivity contribution in [3.8, 4) is 5.88 Å². The molecule has 1 aromatic heterocycles. The molecule has 0 unspecified atom stereocenters. The van der Waals surface area contributed by atoms with Gasteiger partial charge in [-0.25, -0.2) is 4.98 Å². The van der Waals surface area contributed by atoms with E-state index in [0.717, 1.165) is 17.9 Å². The molecule has 0 atom stereocenters. The predicted molar refractivity (Wildman–Crippen MR) is 89.7 cm³/mol. The molecular weight excluding hydrogens is 282 g/mol. The number of hydrogen-bond acceptors (Lipinski definition) is 4. The zero-order valence-electron chi connectivity index (χ0n) is 12.0. The molecule has 0 bridgehead atoms. The number of para-hydroxylation sites is 1. The van der Waals surface area contributed by atoms with Gasteiger partial charge in [0.15, 0.2) is 0 Å². The lowest BCUT2D eigenvalue weighted by Gasteiger charge is -2.24. The standard InChI is InChI=1S/C16H19N3OS/c1-20-16-9-5-6-13(18-16)12-19(11-10-15(17)21)14-7-3-2-4-8-14/h2-9H,10-12H2,1H3,(H2,17,21). The molecule has 0 fully saturated rings. The van der Waals surface area contributed by atoms with Crippen LogP contribution in [-0.2, 0) is 6.54 Å². The molecule has 0 saturated heterocycles. The first kappa shape index (κ1) is 15.3. The topological polar surface area (TPSA) is 51.4 Å². The van der Waals surface area contributed by atoms with E-state index in [4.69, 9.17) is 22.7 Å². The molecule has 2 aromatic rings. The van der Waals surface area contributed by atoms with Crippen LogP contribution in [0.2, 0.25) is 0 Å². The number of ether oxygens (including phenoxy) is 1. The monoisotopic (exact) mass is 301 g/mol. The molecular formula is C16H19N3OS. The lowest BCUT2D eigenvalue weighted by molar-refractivity contribution is 0.396. The van der Waals surface area contributed by atoms with Crippen molar-refractivity contribution in [2.24, 2.45) is 5.73 Å². The Bertz CT molecular complexity index is 589. The van der Waals surface area contributed by atoms with Crippen molar-refractivity contribution in [3.05, 3.63) is 54.2 Å². The average Bonchev–Trinajstić information content (AvgIpc) is 2.52. The lowest BCUT2D eigenvalue weighted by atomic mass is 10.2. The summed E-state index contributed by atoms with van der Waals surface area (Å²) in [6.45, 7) is 1.45. The normalized spacial score (nSPS) is 10.1. The molecule has 0 spiro atoms. The Morgan fingerprint density at radius 1 is 1.19 bits per heavy atom. The Balaban J connectivity index is 2.16. The van der Waals surface area contributed by atoms with Gasteiger partial charge in [0.25, 0.3) is 0 Å². The van der Waals surface area contributed by atoms with E-state index in [1.165, 1.54) is 0 Å². The van der Waals surface area contributed by atoms with E-state index in [2.05, 4.69) is 22.0 Å². The summed E-state index contributed by atoms with van der Waals surface area (Å²) in [7, 11) is 1.62. The largest absolute Gasteiger partial charge is 0.481 e. The first-order valence-electron chi connectivity index (χ1n) is 6.77. The van der Waals surface area contributed by atoms with Gasteiger partial charge in [-0.05, 0) is 18.2 Å². The number of rotatable bonds is 7. The van der Waals surface area contributed by atoms with E-state index in [-0.39, 0.29) is 0 Å². The molecule has 21 heavy (non-hydrogen) atoms. The van der Waals surface area contributed by atoms with E-state index in [9.17, 15) is 0 Å². The highest BCUT2D eigenvalue weighted by Gasteiger charge is 2.09. The van der Waals surface area contributed by atoms with E-state index < -0.39 is 0 Å². The van der Waals surface area contributed by atoms with Gasteiger partial charge < -0.3 is 15.4 Å². The number of nitrogens with two attached hydrogens (primary N) is 1. The predicted octanol–water partition coefficient (Wildman–Crippen LogP) is 2.77. The van der Waals surface area contributed by atoms with Crippen molar-refractivity contribution in [3.63, 3.8) is 0 Å². The molecule has 2 rings (SSSR count). The zero-order valence-corrected chi connectivity index (χ0v) is 12.8. The number of nitrogens with zero attached hydrogens (tertiary/aromatic N) is 2. The molecule has 0 aliphatic rings. The van der Waals surface area contributed by atoms with Crippen LogP contribution in [0.15, 0.2) is 48.5 Å². The van der Waals surface area contributed by atoms with Gasteiger partial charge in [0.05, 0.1) is 24.3 Å². The summed E-state index contributed by atoms with van der Waals surface area (Å²) < 4.78 is 5.17. The minimum Gasteiger partial charge on any atom is -0.481 e. The lowest BCUT2D eigenvalue weighted by Crippen LogP contribution is -2.27. The van der Waals surface area contributed by atoms with Crippen LogP contribution in [0.4, 0.5) is 5.69 Å². The molecule has 1 heterocycles. The minimum atomic E-state index is 0.523. The Labute approximate surface area is 130 Å². The fourth-order valence-corrected chi connectivity index (χ4v) is 2.13. The summed E-state index contributed by atoms with van der Waals surface area (Å²) in [4.78, 5) is 7.19. The minimum absolute atomic E-state index is 0.523. The maximum Gasteiger partial charge on any atom is 0.213 e. The summed E-state index contributed by atoms with van der Waals surface area (Å²) in [6.07, 6.45) is 0.675. The van der Waals surface area contributed by atoms with Crippen molar-refractivity contribution in [1.29, 1.82) is 0 Å². The smallest absolute Gasteiger partial charge is 0.213 e. The van der Waals surface area contributed by atoms with E-state index in [0.29, 0.717) is 23.8 Å². The second-order valence-corrected chi connectivity index (χ2v) is 5.17. The van der Waals surface area contributed by atoms with E-state index in [1.54, 1.807) is 7.11 Å². The molecule has 0 aliphatic heterocycles. The van der Waals surface area contributed by atoms with Crippen LogP contribution in [0.1, 0.15) is 12.1 Å². The highest BCUT2D eigenvalue weighted by Crippen LogP contribution is 2.17. The van der Waals surface area contributed by atoms with Gasteiger partial charge >= 0.3 is 0 Å². The average molecular weight is 301 g/mol. The molecule has 0 aliphatic carbocycles. The molecule has 0 radical (unpaired) electrons.